The van der Waals surface area contributed by atoms with Gasteiger partial charge in [-0.1, -0.05) is 31.2 Å². The molecule has 0 amide bonds. The number of benzene rings is 1. The summed E-state index contributed by atoms with van der Waals surface area (Å²) < 4.78 is 12.4. The molecule has 12 heavy (non-hydrogen) atoms. The maximum Gasteiger partial charge on any atom is 0.115 e. The molecule has 2 heteroatoms. The van der Waals surface area contributed by atoms with Gasteiger partial charge in [-0.25, -0.2) is 4.39 Å². The monoisotopic (exact) mass is 167 g/mol. The van der Waals surface area contributed by atoms with Crippen molar-refractivity contribution in [3.05, 3.63) is 35.4 Å². The first-order valence-corrected chi connectivity index (χ1v) is 4.13. The minimum atomic E-state index is -0.402. The number of rotatable bonds is 3. The quantitative estimate of drug-likeness (QED) is 0.734. The van der Waals surface area contributed by atoms with Crippen LogP contribution in [-0.2, 0) is 6.67 Å². The molecule has 1 unspecified atom stereocenters. The fourth-order valence-corrected chi connectivity index (χ4v) is 1.26. The second-order valence-electron chi connectivity index (χ2n) is 2.97. The molecule has 0 fully saturated rings. The Morgan fingerprint density at radius 3 is 2.67 bits per heavy atom. The molecular formula is C10H14FN. The van der Waals surface area contributed by atoms with E-state index in [1.165, 1.54) is 0 Å². The maximum atomic E-state index is 12.4. The highest BCUT2D eigenvalue weighted by molar-refractivity contribution is 5.29. The van der Waals surface area contributed by atoms with E-state index in [4.69, 9.17) is 5.73 Å². The molecule has 0 aromatic heterocycles. The number of hydrogen-bond donors (Lipinski definition) is 1. The molecule has 0 heterocycles. The Labute approximate surface area is 72.4 Å². The molecular weight excluding hydrogens is 153 g/mol. The highest BCUT2D eigenvalue weighted by Crippen LogP contribution is 2.19. The van der Waals surface area contributed by atoms with Crippen LogP contribution in [0.2, 0.25) is 0 Å². The van der Waals surface area contributed by atoms with Gasteiger partial charge in [0.2, 0.25) is 0 Å². The summed E-state index contributed by atoms with van der Waals surface area (Å²) in [6.07, 6.45) is 0. The predicted octanol–water partition coefficient (Wildman–Crippen LogP) is 2.22. The fraction of sp³-hybridized carbons (Fsp3) is 0.400. The van der Waals surface area contributed by atoms with Gasteiger partial charge in [0.05, 0.1) is 0 Å². The molecule has 0 aliphatic heterocycles. The van der Waals surface area contributed by atoms with Gasteiger partial charge in [-0.2, -0.15) is 0 Å². The van der Waals surface area contributed by atoms with E-state index in [-0.39, 0.29) is 5.92 Å². The van der Waals surface area contributed by atoms with Gasteiger partial charge in [0, 0.05) is 0 Å². The SMILES string of the molecule is CC(CN)c1ccccc1CF. The highest BCUT2D eigenvalue weighted by Gasteiger charge is 2.07. The van der Waals surface area contributed by atoms with Crippen molar-refractivity contribution in [2.75, 3.05) is 6.54 Å². The van der Waals surface area contributed by atoms with Crippen LogP contribution < -0.4 is 5.73 Å². The number of nitrogens with two attached hydrogens (primary N) is 1. The Hall–Kier alpha value is -0.890. The molecule has 0 bridgehead atoms. The third kappa shape index (κ3) is 1.83. The lowest BCUT2D eigenvalue weighted by atomic mass is 9.96. The van der Waals surface area contributed by atoms with E-state index in [0.29, 0.717) is 6.54 Å². The summed E-state index contributed by atoms with van der Waals surface area (Å²) >= 11 is 0. The summed E-state index contributed by atoms with van der Waals surface area (Å²) in [4.78, 5) is 0. The standard InChI is InChI=1S/C10H14FN/c1-8(7-12)10-5-3-2-4-9(10)6-11/h2-5,8H,6-7,12H2,1H3. The molecule has 66 valence electrons. The van der Waals surface area contributed by atoms with Gasteiger partial charge in [0.1, 0.15) is 6.67 Å². The van der Waals surface area contributed by atoms with Gasteiger partial charge in [-0.05, 0) is 23.6 Å². The normalized spacial score (nSPS) is 12.9. The van der Waals surface area contributed by atoms with Crippen molar-refractivity contribution in [3.63, 3.8) is 0 Å². The molecule has 0 aliphatic carbocycles. The summed E-state index contributed by atoms with van der Waals surface area (Å²) in [5.74, 6) is 0.247. The lowest BCUT2D eigenvalue weighted by Gasteiger charge is -2.11. The number of halogens is 1. The van der Waals surface area contributed by atoms with E-state index in [9.17, 15) is 4.39 Å². The van der Waals surface area contributed by atoms with Crippen molar-refractivity contribution >= 4 is 0 Å². The van der Waals surface area contributed by atoms with E-state index in [2.05, 4.69) is 0 Å². The van der Waals surface area contributed by atoms with Crippen LogP contribution in [0.1, 0.15) is 24.0 Å². The lowest BCUT2D eigenvalue weighted by molar-refractivity contribution is 0.480. The second-order valence-corrected chi connectivity index (χ2v) is 2.97. The Morgan fingerprint density at radius 2 is 2.08 bits per heavy atom. The van der Waals surface area contributed by atoms with Gasteiger partial charge < -0.3 is 5.73 Å². The first-order chi connectivity index (χ1) is 5.79. The Morgan fingerprint density at radius 1 is 1.42 bits per heavy atom. The van der Waals surface area contributed by atoms with Crippen LogP contribution >= 0.6 is 0 Å². The number of hydrogen-bond acceptors (Lipinski definition) is 1. The molecule has 1 aromatic carbocycles. The van der Waals surface area contributed by atoms with Gasteiger partial charge in [-0.15, -0.1) is 0 Å². The zero-order chi connectivity index (χ0) is 8.97. The van der Waals surface area contributed by atoms with Gasteiger partial charge >= 0.3 is 0 Å². The number of alkyl halides is 1. The van der Waals surface area contributed by atoms with E-state index in [1.807, 2.05) is 31.2 Å². The van der Waals surface area contributed by atoms with Crippen LogP contribution in [0.4, 0.5) is 4.39 Å². The molecule has 0 radical (unpaired) electrons. The fourth-order valence-electron chi connectivity index (χ4n) is 1.26. The molecule has 0 saturated heterocycles. The zero-order valence-electron chi connectivity index (χ0n) is 7.26. The molecule has 0 saturated carbocycles. The van der Waals surface area contributed by atoms with Crippen LogP contribution in [0.15, 0.2) is 24.3 Å². The Balaban J connectivity index is 2.96. The van der Waals surface area contributed by atoms with Crippen molar-refractivity contribution < 1.29 is 4.39 Å². The summed E-state index contributed by atoms with van der Waals surface area (Å²) in [5, 5.41) is 0. The van der Waals surface area contributed by atoms with Crippen molar-refractivity contribution in [2.45, 2.75) is 19.5 Å². The minimum absolute atomic E-state index is 0.247. The second kappa shape index (κ2) is 4.21. The largest absolute Gasteiger partial charge is 0.330 e. The lowest BCUT2D eigenvalue weighted by Crippen LogP contribution is -2.10. The average molecular weight is 167 g/mol. The van der Waals surface area contributed by atoms with Crippen LogP contribution in [-0.4, -0.2) is 6.54 Å². The Kier molecular flexibility index (Phi) is 3.23. The topological polar surface area (TPSA) is 26.0 Å². The van der Waals surface area contributed by atoms with E-state index >= 15 is 0 Å². The highest BCUT2D eigenvalue weighted by atomic mass is 19.1. The predicted molar refractivity (Wildman–Crippen MR) is 48.7 cm³/mol. The summed E-state index contributed by atoms with van der Waals surface area (Å²) in [6, 6.07) is 7.51. The first-order valence-electron chi connectivity index (χ1n) is 4.13. The molecule has 1 nitrogen and oxygen atoms in total. The molecule has 1 aromatic rings. The van der Waals surface area contributed by atoms with Gasteiger partial charge in [0.15, 0.2) is 0 Å². The van der Waals surface area contributed by atoms with Crippen molar-refractivity contribution in [3.8, 4) is 0 Å². The molecule has 0 spiro atoms. The average Bonchev–Trinajstić information content (AvgIpc) is 2.16. The molecule has 1 atom stereocenters. The minimum Gasteiger partial charge on any atom is -0.330 e. The Bertz CT molecular complexity index is 247. The molecule has 0 aliphatic rings. The third-order valence-electron chi connectivity index (χ3n) is 2.08. The summed E-state index contributed by atoms with van der Waals surface area (Å²) in [7, 11) is 0. The van der Waals surface area contributed by atoms with Crippen molar-refractivity contribution in [1.82, 2.24) is 0 Å². The summed E-state index contributed by atoms with van der Waals surface area (Å²) in [6.45, 7) is 2.17. The molecule has 1 rings (SSSR count). The smallest absolute Gasteiger partial charge is 0.115 e. The van der Waals surface area contributed by atoms with Crippen LogP contribution in [0, 0.1) is 0 Å². The zero-order valence-corrected chi connectivity index (χ0v) is 7.26. The van der Waals surface area contributed by atoms with Crippen molar-refractivity contribution in [1.29, 1.82) is 0 Å². The van der Waals surface area contributed by atoms with Gasteiger partial charge in [-0.3, -0.25) is 0 Å². The summed E-state index contributed by atoms with van der Waals surface area (Å²) in [5.41, 5.74) is 7.29. The van der Waals surface area contributed by atoms with Crippen LogP contribution in [0.5, 0.6) is 0 Å². The molecule has 2 N–H and O–H groups in total. The van der Waals surface area contributed by atoms with E-state index in [0.717, 1.165) is 11.1 Å². The van der Waals surface area contributed by atoms with E-state index in [1.54, 1.807) is 0 Å². The van der Waals surface area contributed by atoms with Gasteiger partial charge in [0.25, 0.3) is 0 Å². The van der Waals surface area contributed by atoms with Crippen LogP contribution in [0.25, 0.3) is 0 Å². The first kappa shape index (κ1) is 9.20. The van der Waals surface area contributed by atoms with Crippen LogP contribution in [0.3, 0.4) is 0 Å². The van der Waals surface area contributed by atoms with E-state index < -0.39 is 6.67 Å². The third-order valence-corrected chi connectivity index (χ3v) is 2.08. The van der Waals surface area contributed by atoms with Crippen molar-refractivity contribution in [2.24, 2.45) is 5.73 Å². The maximum absolute atomic E-state index is 12.4.